The van der Waals surface area contributed by atoms with E-state index in [-0.39, 0.29) is 0 Å². The number of benzene rings is 1. The van der Waals surface area contributed by atoms with Crippen molar-refractivity contribution in [1.29, 1.82) is 0 Å². The summed E-state index contributed by atoms with van der Waals surface area (Å²) in [6.07, 6.45) is 5.24. The minimum atomic E-state index is -0.875. The number of aryl methyl sites for hydroxylation is 1. The van der Waals surface area contributed by atoms with Crippen LogP contribution in [0.15, 0.2) is 24.3 Å². The number of Topliss-reactive ketones (excluding diaryl/α,β-unsaturated/α-hetero) is 1. The molecule has 0 aliphatic heterocycles. The van der Waals surface area contributed by atoms with Crippen molar-refractivity contribution < 1.29 is 14.7 Å². The standard InChI is InChI=1S/C8H8O2.C6H10O/c1-6-2-4-7(5-3-6)8(9)10;7-6-4-2-1-3-5-6/h2-5H,1H3,(H,9,10);1-5H2. The molecular formula is C14H18O3. The number of carbonyl (C=O) groups is 2. The van der Waals surface area contributed by atoms with Crippen molar-refractivity contribution in [2.75, 3.05) is 0 Å². The predicted molar refractivity (Wildman–Crippen MR) is 66.2 cm³/mol. The Balaban J connectivity index is 0.000000181. The Hall–Kier alpha value is -1.64. The van der Waals surface area contributed by atoms with Gasteiger partial charge in [-0.3, -0.25) is 4.79 Å². The van der Waals surface area contributed by atoms with Gasteiger partial charge in [-0.15, -0.1) is 0 Å². The normalized spacial score (nSPS) is 14.8. The molecule has 0 radical (unpaired) electrons. The fourth-order valence-corrected chi connectivity index (χ4v) is 1.64. The number of hydrogen-bond acceptors (Lipinski definition) is 2. The number of ketones is 1. The quantitative estimate of drug-likeness (QED) is 0.811. The molecule has 2 rings (SSSR count). The topological polar surface area (TPSA) is 54.4 Å². The van der Waals surface area contributed by atoms with E-state index in [1.54, 1.807) is 24.3 Å². The molecule has 0 atom stereocenters. The Morgan fingerprint density at radius 1 is 1.06 bits per heavy atom. The van der Waals surface area contributed by atoms with Crippen LogP contribution in [0.5, 0.6) is 0 Å². The lowest BCUT2D eigenvalue weighted by Crippen LogP contribution is -2.02. The fourth-order valence-electron chi connectivity index (χ4n) is 1.64. The molecule has 1 saturated carbocycles. The van der Waals surface area contributed by atoms with Crippen LogP contribution in [0.2, 0.25) is 0 Å². The molecule has 92 valence electrons. The van der Waals surface area contributed by atoms with Gasteiger partial charge in [-0.1, -0.05) is 24.1 Å². The Morgan fingerprint density at radius 3 is 1.94 bits per heavy atom. The number of hydrogen-bond donors (Lipinski definition) is 1. The third-order valence-corrected chi connectivity index (χ3v) is 2.71. The van der Waals surface area contributed by atoms with Crippen molar-refractivity contribution in [3.05, 3.63) is 35.4 Å². The maximum Gasteiger partial charge on any atom is 0.335 e. The smallest absolute Gasteiger partial charge is 0.335 e. The fraction of sp³-hybridized carbons (Fsp3) is 0.429. The van der Waals surface area contributed by atoms with Gasteiger partial charge in [0, 0.05) is 12.8 Å². The first kappa shape index (κ1) is 13.4. The third-order valence-electron chi connectivity index (χ3n) is 2.71. The molecule has 0 bridgehead atoms. The first-order valence-corrected chi connectivity index (χ1v) is 5.91. The van der Waals surface area contributed by atoms with Gasteiger partial charge in [-0.2, -0.15) is 0 Å². The lowest BCUT2D eigenvalue weighted by molar-refractivity contribution is -0.120. The van der Waals surface area contributed by atoms with E-state index in [2.05, 4.69) is 0 Å². The second-order valence-electron chi connectivity index (χ2n) is 4.27. The third kappa shape index (κ3) is 5.29. The van der Waals surface area contributed by atoms with E-state index >= 15 is 0 Å². The molecule has 0 heterocycles. The van der Waals surface area contributed by atoms with Gasteiger partial charge < -0.3 is 5.11 Å². The van der Waals surface area contributed by atoms with Crippen LogP contribution in [0.25, 0.3) is 0 Å². The summed E-state index contributed by atoms with van der Waals surface area (Å²) in [5, 5.41) is 8.48. The first-order valence-electron chi connectivity index (χ1n) is 5.91. The summed E-state index contributed by atoms with van der Waals surface area (Å²) in [6, 6.07) is 6.75. The average Bonchev–Trinajstić information content (AvgIpc) is 2.31. The molecule has 3 nitrogen and oxygen atoms in total. The number of aromatic carboxylic acids is 1. The highest BCUT2D eigenvalue weighted by atomic mass is 16.4. The number of carboxylic acid groups (broad SMARTS) is 1. The van der Waals surface area contributed by atoms with Crippen LogP contribution in [0.3, 0.4) is 0 Å². The van der Waals surface area contributed by atoms with Gasteiger partial charge in [-0.25, -0.2) is 4.79 Å². The molecular weight excluding hydrogens is 216 g/mol. The van der Waals surface area contributed by atoms with Crippen molar-refractivity contribution in [3.63, 3.8) is 0 Å². The Kier molecular flexibility index (Phi) is 5.40. The lowest BCUT2D eigenvalue weighted by Gasteiger charge is -2.05. The number of rotatable bonds is 1. The van der Waals surface area contributed by atoms with Crippen LogP contribution >= 0.6 is 0 Å². The van der Waals surface area contributed by atoms with Gasteiger partial charge in [0.25, 0.3) is 0 Å². The number of carbonyl (C=O) groups excluding carboxylic acids is 1. The molecule has 1 aliphatic rings. The van der Waals surface area contributed by atoms with Gasteiger partial charge in [0.1, 0.15) is 5.78 Å². The van der Waals surface area contributed by atoms with Gasteiger partial charge in [0.15, 0.2) is 0 Å². The summed E-state index contributed by atoms with van der Waals surface area (Å²) in [7, 11) is 0. The average molecular weight is 234 g/mol. The Bertz CT molecular complexity index is 371. The minimum absolute atomic E-state index is 0.339. The molecule has 1 aliphatic carbocycles. The zero-order valence-corrected chi connectivity index (χ0v) is 10.1. The summed E-state index contributed by atoms with van der Waals surface area (Å²) < 4.78 is 0. The highest BCUT2D eigenvalue weighted by molar-refractivity contribution is 5.87. The molecule has 0 saturated heterocycles. The van der Waals surface area contributed by atoms with E-state index in [0.29, 0.717) is 11.3 Å². The highest BCUT2D eigenvalue weighted by Gasteiger charge is 2.06. The van der Waals surface area contributed by atoms with Gasteiger partial charge in [0.2, 0.25) is 0 Å². The zero-order valence-electron chi connectivity index (χ0n) is 10.1. The van der Waals surface area contributed by atoms with Crippen LogP contribution in [0, 0.1) is 6.92 Å². The van der Waals surface area contributed by atoms with Crippen LogP contribution < -0.4 is 0 Å². The minimum Gasteiger partial charge on any atom is -0.478 e. The van der Waals surface area contributed by atoms with E-state index in [0.717, 1.165) is 31.2 Å². The largest absolute Gasteiger partial charge is 0.478 e. The van der Waals surface area contributed by atoms with Gasteiger partial charge in [0.05, 0.1) is 5.56 Å². The molecule has 17 heavy (non-hydrogen) atoms. The Labute approximate surface area is 101 Å². The second kappa shape index (κ2) is 6.84. The molecule has 1 fully saturated rings. The SMILES string of the molecule is Cc1ccc(C(=O)O)cc1.O=C1CCCCC1. The molecule has 1 aromatic rings. The van der Waals surface area contributed by atoms with Crippen LogP contribution in [0.1, 0.15) is 48.0 Å². The molecule has 0 amide bonds. The maximum absolute atomic E-state index is 10.5. The van der Waals surface area contributed by atoms with Crippen LogP contribution in [-0.4, -0.2) is 16.9 Å². The van der Waals surface area contributed by atoms with Crippen molar-refractivity contribution in [2.45, 2.75) is 39.0 Å². The monoisotopic (exact) mass is 234 g/mol. The van der Waals surface area contributed by atoms with Crippen molar-refractivity contribution >= 4 is 11.8 Å². The first-order chi connectivity index (χ1) is 8.09. The van der Waals surface area contributed by atoms with Crippen LogP contribution in [-0.2, 0) is 4.79 Å². The maximum atomic E-state index is 10.5. The molecule has 3 heteroatoms. The molecule has 1 N–H and O–H groups in total. The van der Waals surface area contributed by atoms with E-state index in [9.17, 15) is 9.59 Å². The van der Waals surface area contributed by atoms with E-state index in [1.165, 1.54) is 6.42 Å². The summed E-state index contributed by atoms with van der Waals surface area (Å²) in [5.41, 5.74) is 1.41. The van der Waals surface area contributed by atoms with Gasteiger partial charge >= 0.3 is 5.97 Å². The van der Waals surface area contributed by atoms with E-state index in [4.69, 9.17) is 5.11 Å². The van der Waals surface area contributed by atoms with Crippen molar-refractivity contribution in [3.8, 4) is 0 Å². The van der Waals surface area contributed by atoms with Crippen molar-refractivity contribution in [2.24, 2.45) is 0 Å². The summed E-state index contributed by atoms with van der Waals surface area (Å²) >= 11 is 0. The van der Waals surface area contributed by atoms with Crippen LogP contribution in [0.4, 0.5) is 0 Å². The molecule has 0 unspecified atom stereocenters. The molecule has 1 aromatic carbocycles. The summed E-state index contributed by atoms with van der Waals surface area (Å²) in [5.74, 6) is -0.411. The molecule has 0 aromatic heterocycles. The predicted octanol–water partition coefficient (Wildman–Crippen LogP) is 3.21. The zero-order chi connectivity index (χ0) is 12.7. The highest BCUT2D eigenvalue weighted by Crippen LogP contribution is 2.12. The van der Waals surface area contributed by atoms with E-state index < -0.39 is 5.97 Å². The summed E-state index contributed by atoms with van der Waals surface area (Å²) in [6.45, 7) is 1.92. The lowest BCUT2D eigenvalue weighted by atomic mass is 10.00. The molecule has 0 spiro atoms. The van der Waals surface area contributed by atoms with Gasteiger partial charge in [-0.05, 0) is 31.9 Å². The Morgan fingerprint density at radius 2 is 1.59 bits per heavy atom. The number of carboxylic acids is 1. The van der Waals surface area contributed by atoms with E-state index in [1.807, 2.05) is 6.92 Å². The second-order valence-corrected chi connectivity index (χ2v) is 4.27. The van der Waals surface area contributed by atoms with Crippen molar-refractivity contribution in [1.82, 2.24) is 0 Å². The summed E-state index contributed by atoms with van der Waals surface area (Å²) in [4.78, 5) is 20.8.